The molecule has 0 spiro atoms. The minimum atomic E-state index is 0.100. The monoisotopic (exact) mass is 214 g/mol. The van der Waals surface area contributed by atoms with E-state index in [2.05, 4.69) is 65.7 Å². The molecule has 0 bridgehead atoms. The molecule has 0 aliphatic rings. The predicted octanol–water partition coefficient (Wildman–Crippen LogP) is 4.26. The summed E-state index contributed by atoms with van der Waals surface area (Å²) in [6.45, 7) is 13.3. The van der Waals surface area contributed by atoms with Gasteiger partial charge in [0, 0.05) is 5.56 Å². The van der Waals surface area contributed by atoms with Gasteiger partial charge >= 0.3 is 0 Å². The fourth-order valence-electron chi connectivity index (χ4n) is 1.76. The summed E-state index contributed by atoms with van der Waals surface area (Å²) in [6.07, 6.45) is 5.56. The Hall–Kier alpha value is -1.22. The van der Waals surface area contributed by atoms with Crippen LogP contribution in [0.2, 0.25) is 0 Å². The van der Waals surface area contributed by atoms with Crippen molar-refractivity contribution in [3.8, 4) is 12.3 Å². The van der Waals surface area contributed by atoms with E-state index in [9.17, 15) is 0 Å². The van der Waals surface area contributed by atoms with Gasteiger partial charge in [-0.2, -0.15) is 0 Å². The summed E-state index contributed by atoms with van der Waals surface area (Å²) < 4.78 is 0. The van der Waals surface area contributed by atoms with E-state index in [1.54, 1.807) is 0 Å². The first-order valence-corrected chi connectivity index (χ1v) is 5.78. The Morgan fingerprint density at radius 1 is 0.938 bits per heavy atom. The molecule has 0 saturated carbocycles. The second kappa shape index (κ2) is 3.98. The molecule has 1 aromatic rings. The highest BCUT2D eigenvalue weighted by Gasteiger charge is 2.21. The molecule has 0 aliphatic carbocycles. The van der Waals surface area contributed by atoms with Gasteiger partial charge in [-0.25, -0.2) is 0 Å². The number of rotatable bonds is 0. The smallest absolute Gasteiger partial charge is 0.0280 e. The fourth-order valence-corrected chi connectivity index (χ4v) is 1.76. The van der Waals surface area contributed by atoms with Gasteiger partial charge in [-0.05, 0) is 28.0 Å². The van der Waals surface area contributed by atoms with E-state index in [0.717, 1.165) is 5.56 Å². The number of hydrogen-bond donors (Lipinski definition) is 0. The van der Waals surface area contributed by atoms with Gasteiger partial charge in [-0.15, -0.1) is 6.42 Å². The zero-order valence-corrected chi connectivity index (χ0v) is 11.3. The average molecular weight is 214 g/mol. The maximum atomic E-state index is 5.56. The lowest BCUT2D eigenvalue weighted by atomic mass is 9.78. The van der Waals surface area contributed by atoms with Crippen molar-refractivity contribution in [1.82, 2.24) is 0 Å². The van der Waals surface area contributed by atoms with Crippen molar-refractivity contribution in [2.75, 3.05) is 0 Å². The molecule has 16 heavy (non-hydrogen) atoms. The van der Waals surface area contributed by atoms with Crippen molar-refractivity contribution in [3.05, 3.63) is 34.9 Å². The molecule has 0 heteroatoms. The van der Waals surface area contributed by atoms with Gasteiger partial charge in [0.05, 0.1) is 0 Å². The average Bonchev–Trinajstić information content (AvgIpc) is 2.14. The first kappa shape index (κ1) is 12.8. The van der Waals surface area contributed by atoms with Crippen molar-refractivity contribution >= 4 is 0 Å². The third-order valence-corrected chi connectivity index (χ3v) is 2.85. The van der Waals surface area contributed by atoms with Crippen LogP contribution >= 0.6 is 0 Å². The summed E-state index contributed by atoms with van der Waals surface area (Å²) in [5.74, 6) is 2.78. The van der Waals surface area contributed by atoms with E-state index >= 15 is 0 Å². The molecule has 0 heterocycles. The van der Waals surface area contributed by atoms with Crippen LogP contribution < -0.4 is 0 Å². The molecule has 0 aliphatic heterocycles. The molecular weight excluding hydrogens is 192 g/mol. The molecule has 0 radical (unpaired) electrons. The quantitative estimate of drug-likeness (QED) is 0.566. The van der Waals surface area contributed by atoms with E-state index < -0.39 is 0 Å². The normalized spacial score (nSPS) is 12.3. The molecule has 0 nitrogen and oxygen atoms in total. The van der Waals surface area contributed by atoms with Gasteiger partial charge in [-0.1, -0.05) is 59.6 Å². The summed E-state index contributed by atoms with van der Waals surface area (Å²) >= 11 is 0. The molecule has 86 valence electrons. The highest BCUT2D eigenvalue weighted by atomic mass is 14.2. The standard InChI is InChI=1S/C16H22/c1-8-12-9-10-13(15(2,3)4)11-14(12)16(5,6)7/h1,9-11H,2-7H3. The summed E-state index contributed by atoms with van der Waals surface area (Å²) in [5, 5.41) is 0. The Morgan fingerprint density at radius 3 is 1.88 bits per heavy atom. The van der Waals surface area contributed by atoms with Crippen LogP contribution in [0.5, 0.6) is 0 Å². The van der Waals surface area contributed by atoms with Crippen molar-refractivity contribution in [1.29, 1.82) is 0 Å². The van der Waals surface area contributed by atoms with Gasteiger partial charge in [0.1, 0.15) is 0 Å². The maximum absolute atomic E-state index is 5.56. The lowest BCUT2D eigenvalue weighted by molar-refractivity contribution is 0.567. The van der Waals surface area contributed by atoms with Crippen LogP contribution in [0, 0.1) is 12.3 Å². The van der Waals surface area contributed by atoms with Crippen molar-refractivity contribution < 1.29 is 0 Å². The van der Waals surface area contributed by atoms with Crippen LogP contribution in [-0.2, 0) is 10.8 Å². The Morgan fingerprint density at radius 2 is 1.50 bits per heavy atom. The second-order valence-corrected chi connectivity index (χ2v) is 6.40. The Balaban J connectivity index is 3.41. The minimum absolute atomic E-state index is 0.100. The van der Waals surface area contributed by atoms with Crippen LogP contribution in [0.1, 0.15) is 58.2 Å². The van der Waals surface area contributed by atoms with Gasteiger partial charge in [0.2, 0.25) is 0 Å². The summed E-state index contributed by atoms with van der Waals surface area (Å²) in [7, 11) is 0. The van der Waals surface area contributed by atoms with E-state index in [1.165, 1.54) is 11.1 Å². The zero-order chi connectivity index (χ0) is 12.6. The third kappa shape index (κ3) is 2.67. The van der Waals surface area contributed by atoms with Crippen molar-refractivity contribution in [2.45, 2.75) is 52.4 Å². The van der Waals surface area contributed by atoms with Crippen LogP contribution in [0.4, 0.5) is 0 Å². The summed E-state index contributed by atoms with van der Waals surface area (Å²) in [6, 6.07) is 6.47. The SMILES string of the molecule is C#Cc1ccc(C(C)(C)C)cc1C(C)(C)C. The first-order valence-electron chi connectivity index (χ1n) is 5.78. The largest absolute Gasteiger partial charge is 0.115 e. The van der Waals surface area contributed by atoms with Gasteiger partial charge in [0.15, 0.2) is 0 Å². The molecular formula is C16H22. The lowest BCUT2D eigenvalue weighted by Crippen LogP contribution is -2.17. The second-order valence-electron chi connectivity index (χ2n) is 6.40. The molecule has 1 aromatic carbocycles. The predicted molar refractivity (Wildman–Crippen MR) is 71.8 cm³/mol. The Labute approximate surface area is 100 Å². The summed E-state index contributed by atoms with van der Waals surface area (Å²) in [4.78, 5) is 0. The van der Waals surface area contributed by atoms with Crippen LogP contribution in [0.25, 0.3) is 0 Å². The van der Waals surface area contributed by atoms with Crippen LogP contribution in [0.3, 0.4) is 0 Å². The molecule has 0 aromatic heterocycles. The first-order chi connectivity index (χ1) is 7.16. The topological polar surface area (TPSA) is 0 Å². The van der Waals surface area contributed by atoms with Crippen LogP contribution in [0.15, 0.2) is 18.2 Å². The third-order valence-electron chi connectivity index (χ3n) is 2.85. The van der Waals surface area contributed by atoms with Crippen molar-refractivity contribution in [2.24, 2.45) is 0 Å². The molecule has 0 atom stereocenters. The molecule has 0 N–H and O–H groups in total. The molecule has 0 unspecified atom stereocenters. The number of hydrogen-bond acceptors (Lipinski definition) is 0. The maximum Gasteiger partial charge on any atom is 0.0280 e. The van der Waals surface area contributed by atoms with Crippen molar-refractivity contribution in [3.63, 3.8) is 0 Å². The molecule has 0 amide bonds. The Bertz CT molecular complexity index is 417. The Kier molecular flexibility index (Phi) is 3.20. The lowest BCUT2D eigenvalue weighted by Gasteiger charge is -2.26. The van der Waals surface area contributed by atoms with Crippen LogP contribution in [-0.4, -0.2) is 0 Å². The minimum Gasteiger partial charge on any atom is -0.115 e. The molecule has 0 fully saturated rings. The zero-order valence-electron chi connectivity index (χ0n) is 11.3. The number of terminal acetylenes is 1. The fraction of sp³-hybridized carbons (Fsp3) is 0.500. The van der Waals surface area contributed by atoms with Gasteiger partial charge in [0.25, 0.3) is 0 Å². The highest BCUT2D eigenvalue weighted by Crippen LogP contribution is 2.30. The van der Waals surface area contributed by atoms with Gasteiger partial charge in [-0.3, -0.25) is 0 Å². The molecule has 1 rings (SSSR count). The van der Waals surface area contributed by atoms with E-state index in [1.807, 2.05) is 0 Å². The van der Waals surface area contributed by atoms with Gasteiger partial charge < -0.3 is 0 Å². The van der Waals surface area contributed by atoms with E-state index in [4.69, 9.17) is 6.42 Å². The number of benzene rings is 1. The highest BCUT2D eigenvalue weighted by molar-refractivity contribution is 5.46. The summed E-state index contributed by atoms with van der Waals surface area (Å²) in [5.41, 5.74) is 3.90. The van der Waals surface area contributed by atoms with E-state index in [-0.39, 0.29) is 10.8 Å². The van der Waals surface area contributed by atoms with E-state index in [0.29, 0.717) is 0 Å². The molecule has 0 saturated heterocycles.